The van der Waals surface area contributed by atoms with Crippen LogP contribution in [0.15, 0.2) is 0 Å². The van der Waals surface area contributed by atoms with Crippen molar-refractivity contribution in [2.45, 2.75) is 19.5 Å². The average molecular weight is 163 g/mol. The summed E-state index contributed by atoms with van der Waals surface area (Å²) < 4.78 is 15.0. The van der Waals surface area contributed by atoms with Crippen LogP contribution in [0.1, 0.15) is 13.3 Å². The summed E-state index contributed by atoms with van der Waals surface area (Å²) in [6.07, 6.45) is 2.39. The van der Waals surface area contributed by atoms with E-state index in [4.69, 9.17) is 0 Å². The van der Waals surface area contributed by atoms with Crippen LogP contribution in [-0.4, -0.2) is 29.8 Å². The fraction of sp³-hybridized carbons (Fsp3) is 1.00. The monoisotopic (exact) mass is 163 g/mol. The predicted molar refractivity (Wildman–Crippen MR) is 43.8 cm³/mol. The number of piperidine rings is 1. The molecule has 1 nitrogen and oxygen atoms in total. The van der Waals surface area contributed by atoms with Gasteiger partial charge in [-0.1, -0.05) is 18.9 Å². The van der Waals surface area contributed by atoms with Crippen molar-refractivity contribution in [2.75, 3.05) is 19.3 Å². The SMILES string of the molecule is CSN1CCC(C)C(F)C1. The Kier molecular flexibility index (Phi) is 2.98. The third-order valence-electron chi connectivity index (χ3n) is 2.09. The first kappa shape index (κ1) is 8.34. The molecule has 0 spiro atoms. The molecule has 1 saturated heterocycles. The van der Waals surface area contributed by atoms with Gasteiger partial charge in [0.25, 0.3) is 0 Å². The molecule has 0 saturated carbocycles. The van der Waals surface area contributed by atoms with E-state index in [0.29, 0.717) is 6.54 Å². The summed E-state index contributed by atoms with van der Waals surface area (Å²) >= 11 is 1.64. The Morgan fingerprint density at radius 1 is 1.60 bits per heavy atom. The second-order valence-corrected chi connectivity index (χ2v) is 3.73. The lowest BCUT2D eigenvalue weighted by Gasteiger charge is -2.30. The van der Waals surface area contributed by atoms with Crippen LogP contribution in [-0.2, 0) is 0 Å². The van der Waals surface area contributed by atoms with Crippen LogP contribution < -0.4 is 0 Å². The molecule has 0 amide bonds. The van der Waals surface area contributed by atoms with Gasteiger partial charge in [0.15, 0.2) is 0 Å². The average Bonchev–Trinajstić information content (AvgIpc) is 1.95. The fourth-order valence-corrected chi connectivity index (χ4v) is 1.74. The van der Waals surface area contributed by atoms with E-state index in [1.165, 1.54) is 0 Å². The third-order valence-corrected chi connectivity index (χ3v) is 2.94. The molecule has 2 unspecified atom stereocenters. The molecule has 1 rings (SSSR count). The van der Waals surface area contributed by atoms with Gasteiger partial charge in [-0.2, -0.15) is 0 Å². The van der Waals surface area contributed by atoms with E-state index in [1.807, 2.05) is 13.2 Å². The number of rotatable bonds is 1. The van der Waals surface area contributed by atoms with Crippen molar-refractivity contribution in [2.24, 2.45) is 5.92 Å². The summed E-state index contributed by atoms with van der Waals surface area (Å²) in [5, 5.41) is 0. The maximum atomic E-state index is 13.0. The predicted octanol–water partition coefficient (Wildman–Crippen LogP) is 1.94. The highest BCUT2D eigenvalue weighted by molar-refractivity contribution is 7.96. The van der Waals surface area contributed by atoms with E-state index in [9.17, 15) is 4.39 Å². The number of halogens is 1. The minimum absolute atomic E-state index is 0.267. The molecule has 0 aromatic rings. The van der Waals surface area contributed by atoms with E-state index < -0.39 is 6.17 Å². The quantitative estimate of drug-likeness (QED) is 0.543. The van der Waals surface area contributed by atoms with Crippen molar-refractivity contribution < 1.29 is 4.39 Å². The normalized spacial score (nSPS) is 36.3. The molecule has 0 N–H and O–H groups in total. The highest BCUT2D eigenvalue weighted by atomic mass is 32.2. The van der Waals surface area contributed by atoms with E-state index in [-0.39, 0.29) is 5.92 Å². The summed E-state index contributed by atoms with van der Waals surface area (Å²) in [5.41, 5.74) is 0. The van der Waals surface area contributed by atoms with E-state index in [1.54, 1.807) is 11.9 Å². The minimum Gasteiger partial charge on any atom is -0.248 e. The zero-order valence-corrected chi connectivity index (χ0v) is 7.33. The van der Waals surface area contributed by atoms with Crippen molar-refractivity contribution in [1.82, 2.24) is 4.31 Å². The van der Waals surface area contributed by atoms with Crippen LogP contribution in [0, 0.1) is 5.92 Å². The summed E-state index contributed by atoms with van der Waals surface area (Å²) in [6, 6.07) is 0. The summed E-state index contributed by atoms with van der Waals surface area (Å²) in [7, 11) is 0. The first-order valence-corrected chi connectivity index (χ1v) is 4.85. The van der Waals surface area contributed by atoms with Gasteiger partial charge in [-0.15, -0.1) is 0 Å². The summed E-state index contributed by atoms with van der Waals surface area (Å²) in [5.74, 6) is 0.267. The molecule has 2 atom stereocenters. The standard InChI is InChI=1S/C7H14FNS/c1-6-3-4-9(10-2)5-7(6)8/h6-7H,3-5H2,1-2H3. The van der Waals surface area contributed by atoms with Gasteiger partial charge in [-0.25, -0.2) is 8.70 Å². The van der Waals surface area contributed by atoms with Gasteiger partial charge in [0.05, 0.1) is 0 Å². The van der Waals surface area contributed by atoms with Gasteiger partial charge < -0.3 is 0 Å². The van der Waals surface area contributed by atoms with Gasteiger partial charge in [-0.05, 0) is 18.6 Å². The van der Waals surface area contributed by atoms with Crippen molar-refractivity contribution in [3.05, 3.63) is 0 Å². The molecule has 0 aliphatic carbocycles. The second-order valence-electron chi connectivity index (χ2n) is 2.85. The fourth-order valence-electron chi connectivity index (χ4n) is 1.16. The van der Waals surface area contributed by atoms with Gasteiger partial charge in [0.2, 0.25) is 0 Å². The molecule has 3 heteroatoms. The third kappa shape index (κ3) is 1.86. The Hall–Kier alpha value is 0.240. The minimum atomic E-state index is -0.610. The Balaban J connectivity index is 2.33. The molecule has 1 fully saturated rings. The van der Waals surface area contributed by atoms with E-state index in [0.717, 1.165) is 13.0 Å². The number of hydrogen-bond donors (Lipinski definition) is 0. The lowest BCUT2D eigenvalue weighted by Crippen LogP contribution is -2.36. The molecular formula is C7H14FNS. The molecule has 0 bridgehead atoms. The molecule has 0 aromatic carbocycles. The first-order chi connectivity index (χ1) is 4.74. The number of alkyl halides is 1. The van der Waals surface area contributed by atoms with Gasteiger partial charge >= 0.3 is 0 Å². The van der Waals surface area contributed by atoms with Gasteiger partial charge in [0, 0.05) is 13.1 Å². The van der Waals surface area contributed by atoms with Crippen LogP contribution in [0.25, 0.3) is 0 Å². The smallest absolute Gasteiger partial charge is 0.116 e. The first-order valence-electron chi connectivity index (χ1n) is 3.67. The van der Waals surface area contributed by atoms with Crippen LogP contribution in [0.2, 0.25) is 0 Å². The number of nitrogens with zero attached hydrogens (tertiary/aromatic N) is 1. The van der Waals surface area contributed by atoms with Crippen LogP contribution in [0.5, 0.6) is 0 Å². The highest BCUT2D eigenvalue weighted by Gasteiger charge is 2.24. The molecule has 1 aliphatic heterocycles. The number of hydrogen-bond acceptors (Lipinski definition) is 2. The Bertz CT molecular complexity index is 110. The summed E-state index contributed by atoms with van der Waals surface area (Å²) in [4.78, 5) is 0. The van der Waals surface area contributed by atoms with Crippen LogP contribution in [0.4, 0.5) is 4.39 Å². The maximum Gasteiger partial charge on any atom is 0.116 e. The van der Waals surface area contributed by atoms with Crippen molar-refractivity contribution >= 4 is 11.9 Å². The van der Waals surface area contributed by atoms with Crippen molar-refractivity contribution in [1.29, 1.82) is 0 Å². The molecule has 1 aliphatic rings. The highest BCUT2D eigenvalue weighted by Crippen LogP contribution is 2.23. The van der Waals surface area contributed by atoms with Crippen molar-refractivity contribution in [3.8, 4) is 0 Å². The lowest BCUT2D eigenvalue weighted by atomic mass is 9.99. The molecule has 0 aromatic heterocycles. The van der Waals surface area contributed by atoms with Crippen molar-refractivity contribution in [3.63, 3.8) is 0 Å². The molecule has 10 heavy (non-hydrogen) atoms. The Morgan fingerprint density at radius 3 is 2.80 bits per heavy atom. The topological polar surface area (TPSA) is 3.24 Å². The van der Waals surface area contributed by atoms with Crippen LogP contribution >= 0.6 is 11.9 Å². The lowest BCUT2D eigenvalue weighted by molar-refractivity contribution is 0.151. The molecule has 1 heterocycles. The van der Waals surface area contributed by atoms with E-state index >= 15 is 0 Å². The zero-order chi connectivity index (χ0) is 7.56. The largest absolute Gasteiger partial charge is 0.248 e. The Morgan fingerprint density at radius 2 is 2.30 bits per heavy atom. The van der Waals surface area contributed by atoms with Gasteiger partial charge in [0.1, 0.15) is 6.17 Å². The maximum absolute atomic E-state index is 13.0. The second kappa shape index (κ2) is 3.58. The van der Waals surface area contributed by atoms with Crippen LogP contribution in [0.3, 0.4) is 0 Å². The van der Waals surface area contributed by atoms with Gasteiger partial charge in [-0.3, -0.25) is 0 Å². The summed E-state index contributed by atoms with van der Waals surface area (Å²) in [6.45, 7) is 3.65. The molecule has 0 radical (unpaired) electrons. The van der Waals surface area contributed by atoms with E-state index in [2.05, 4.69) is 4.31 Å². The molecule has 60 valence electrons. The Labute approximate surface area is 66.1 Å². The molecular weight excluding hydrogens is 149 g/mol. The zero-order valence-electron chi connectivity index (χ0n) is 6.51.